The van der Waals surface area contributed by atoms with E-state index in [0.29, 0.717) is 23.5 Å². The summed E-state index contributed by atoms with van der Waals surface area (Å²) in [5, 5.41) is 21.2. The van der Waals surface area contributed by atoms with E-state index >= 15 is 0 Å². The second-order valence-corrected chi connectivity index (χ2v) is 10.9. The Morgan fingerprint density at radius 2 is 1.97 bits per heavy atom. The average Bonchev–Trinajstić information content (AvgIpc) is 3.20. The third-order valence-corrected chi connectivity index (χ3v) is 8.88. The molecule has 36 heavy (non-hydrogen) atoms. The molecule has 4 atom stereocenters. The van der Waals surface area contributed by atoms with Gasteiger partial charge in [-0.05, 0) is 62.6 Å². The van der Waals surface area contributed by atoms with Crippen LogP contribution >= 0.6 is 11.6 Å². The van der Waals surface area contributed by atoms with Gasteiger partial charge >= 0.3 is 0 Å². The van der Waals surface area contributed by atoms with Crippen molar-refractivity contribution in [3.8, 4) is 5.75 Å². The molecular weight excluding hydrogens is 489 g/mol. The van der Waals surface area contributed by atoms with Gasteiger partial charge in [0, 0.05) is 31.1 Å². The lowest BCUT2D eigenvalue weighted by Gasteiger charge is -2.47. The van der Waals surface area contributed by atoms with Crippen LogP contribution in [0.2, 0.25) is 5.02 Å². The fourth-order valence-corrected chi connectivity index (χ4v) is 7.15. The molecule has 0 saturated heterocycles. The highest BCUT2D eigenvalue weighted by molar-refractivity contribution is 6.30. The van der Waals surface area contributed by atoms with Crippen molar-refractivity contribution < 1.29 is 24.2 Å². The predicted molar refractivity (Wildman–Crippen MR) is 128 cm³/mol. The predicted octanol–water partition coefficient (Wildman–Crippen LogP) is 2.85. The first-order chi connectivity index (χ1) is 17.1. The number of nitrogens with zero attached hydrogens (tertiary/aromatic N) is 3. The molecule has 3 heterocycles. The molecule has 1 aromatic carbocycles. The molecule has 2 fully saturated rings. The molecule has 2 saturated carbocycles. The van der Waals surface area contributed by atoms with E-state index < -0.39 is 34.8 Å². The topological polar surface area (TPSA) is 103 Å². The molecule has 2 aliphatic carbocycles. The van der Waals surface area contributed by atoms with Crippen molar-refractivity contribution in [3.05, 3.63) is 61.8 Å². The first kappa shape index (κ1) is 23.5. The number of halogens is 2. The molecule has 190 valence electrons. The fraction of sp³-hybridized carbons (Fsp3) is 0.500. The number of benzene rings is 1. The Kier molecular flexibility index (Phi) is 5.25. The molecule has 2 amide bonds. The van der Waals surface area contributed by atoms with Gasteiger partial charge in [0.15, 0.2) is 5.75 Å². The third kappa shape index (κ3) is 3.05. The number of amides is 2. The van der Waals surface area contributed by atoms with Gasteiger partial charge in [-0.1, -0.05) is 17.7 Å². The average molecular weight is 516 g/mol. The van der Waals surface area contributed by atoms with Crippen LogP contribution in [0, 0.1) is 17.7 Å². The number of aliphatic hydroxyl groups is 1. The van der Waals surface area contributed by atoms with Gasteiger partial charge in [-0.25, -0.2) is 4.39 Å². The normalized spacial score (nSPS) is 27.2. The SMILES string of the molecule is C[C@H](O)CN1C(=O)c2c3c(c(O)c(=O)n2[C@@]12CC[C@H]1CC[C@H]12)C(=O)N(Cc1ccc(F)c(Cl)c1)CC3. The van der Waals surface area contributed by atoms with Crippen LogP contribution in [0.1, 0.15) is 64.6 Å². The molecule has 8 nitrogen and oxygen atoms in total. The number of carbonyl (C=O) groups excluding carboxylic acids is 2. The summed E-state index contributed by atoms with van der Waals surface area (Å²) >= 11 is 5.89. The van der Waals surface area contributed by atoms with Crippen LogP contribution < -0.4 is 5.56 Å². The smallest absolute Gasteiger partial charge is 0.296 e. The van der Waals surface area contributed by atoms with Gasteiger partial charge < -0.3 is 20.0 Å². The van der Waals surface area contributed by atoms with Gasteiger partial charge in [-0.3, -0.25) is 19.0 Å². The minimum atomic E-state index is -0.916. The summed E-state index contributed by atoms with van der Waals surface area (Å²) in [5.41, 5.74) is -0.643. The summed E-state index contributed by atoms with van der Waals surface area (Å²) in [6.07, 6.45) is 2.83. The Bertz CT molecular complexity index is 1370. The second-order valence-electron chi connectivity index (χ2n) is 10.5. The first-order valence-corrected chi connectivity index (χ1v) is 12.8. The molecular formula is C26H27ClFN3O5. The van der Waals surface area contributed by atoms with Crippen LogP contribution in [-0.2, 0) is 18.6 Å². The summed E-state index contributed by atoms with van der Waals surface area (Å²) in [5.74, 6) is -1.66. The molecule has 2 N–H and O–H groups in total. The van der Waals surface area contributed by atoms with E-state index in [1.54, 1.807) is 11.8 Å². The molecule has 6 rings (SSSR count). The van der Waals surface area contributed by atoms with E-state index in [0.717, 1.165) is 19.3 Å². The molecule has 2 aromatic rings. The van der Waals surface area contributed by atoms with Crippen molar-refractivity contribution in [2.24, 2.45) is 11.8 Å². The van der Waals surface area contributed by atoms with Crippen LogP contribution in [0.25, 0.3) is 0 Å². The summed E-state index contributed by atoms with van der Waals surface area (Å²) < 4.78 is 15.0. The number of aromatic hydroxyl groups is 1. The van der Waals surface area contributed by atoms with E-state index in [1.165, 1.54) is 27.7 Å². The van der Waals surface area contributed by atoms with Gasteiger partial charge in [0.25, 0.3) is 17.4 Å². The van der Waals surface area contributed by atoms with Gasteiger partial charge in [-0.2, -0.15) is 0 Å². The Hall–Kier alpha value is -2.91. The Morgan fingerprint density at radius 3 is 2.61 bits per heavy atom. The fourth-order valence-electron chi connectivity index (χ4n) is 6.94. The molecule has 1 spiro atoms. The van der Waals surface area contributed by atoms with Crippen molar-refractivity contribution in [2.75, 3.05) is 13.1 Å². The number of hydrogen-bond acceptors (Lipinski definition) is 5. The zero-order valence-corrected chi connectivity index (χ0v) is 20.6. The number of pyridine rings is 1. The van der Waals surface area contributed by atoms with Crippen LogP contribution in [0.4, 0.5) is 4.39 Å². The van der Waals surface area contributed by atoms with Crippen LogP contribution in [0.15, 0.2) is 23.0 Å². The molecule has 10 heteroatoms. The Labute approximate surface area is 211 Å². The van der Waals surface area contributed by atoms with Crippen molar-refractivity contribution in [1.82, 2.24) is 14.4 Å². The van der Waals surface area contributed by atoms with Crippen molar-refractivity contribution in [2.45, 2.75) is 57.3 Å². The Morgan fingerprint density at radius 1 is 1.19 bits per heavy atom. The van der Waals surface area contributed by atoms with E-state index in [1.807, 2.05) is 0 Å². The zero-order chi connectivity index (χ0) is 25.5. The summed E-state index contributed by atoms with van der Waals surface area (Å²) in [4.78, 5) is 44.1. The monoisotopic (exact) mass is 515 g/mol. The molecule has 0 bridgehead atoms. The number of β-amino-alcohol motifs (C(OH)–C–C–N with tert-alkyl or cyclic N) is 1. The quantitative estimate of drug-likeness (QED) is 0.652. The Balaban J connectivity index is 1.46. The van der Waals surface area contributed by atoms with Crippen LogP contribution in [-0.4, -0.2) is 55.6 Å². The lowest BCUT2D eigenvalue weighted by molar-refractivity contribution is -0.0380. The third-order valence-electron chi connectivity index (χ3n) is 8.59. The molecule has 4 aliphatic rings. The molecule has 0 unspecified atom stereocenters. The number of aliphatic hydroxyl groups excluding tert-OH is 1. The van der Waals surface area contributed by atoms with E-state index in [9.17, 15) is 29.0 Å². The summed E-state index contributed by atoms with van der Waals surface area (Å²) in [6.45, 7) is 2.06. The summed E-state index contributed by atoms with van der Waals surface area (Å²) in [6, 6.07) is 4.19. The maximum atomic E-state index is 13.9. The lowest BCUT2D eigenvalue weighted by atomic mass is 9.72. The zero-order valence-electron chi connectivity index (χ0n) is 19.8. The molecule has 1 aromatic heterocycles. The molecule has 0 radical (unpaired) electrons. The summed E-state index contributed by atoms with van der Waals surface area (Å²) in [7, 11) is 0. The highest BCUT2D eigenvalue weighted by Crippen LogP contribution is 2.60. The maximum absolute atomic E-state index is 13.9. The van der Waals surface area contributed by atoms with Gasteiger partial charge in [-0.15, -0.1) is 0 Å². The number of fused-ring (bicyclic) bond motifs is 6. The minimum Gasteiger partial charge on any atom is -0.502 e. The van der Waals surface area contributed by atoms with Crippen LogP contribution in [0.5, 0.6) is 5.75 Å². The van der Waals surface area contributed by atoms with Crippen molar-refractivity contribution >= 4 is 23.4 Å². The highest BCUT2D eigenvalue weighted by atomic mass is 35.5. The van der Waals surface area contributed by atoms with Gasteiger partial charge in [0.2, 0.25) is 0 Å². The minimum absolute atomic E-state index is 0.0590. The van der Waals surface area contributed by atoms with Crippen LogP contribution in [0.3, 0.4) is 0 Å². The van der Waals surface area contributed by atoms with Gasteiger partial charge in [0.1, 0.15) is 17.2 Å². The van der Waals surface area contributed by atoms with E-state index in [-0.39, 0.29) is 54.2 Å². The van der Waals surface area contributed by atoms with Crippen molar-refractivity contribution in [1.29, 1.82) is 0 Å². The van der Waals surface area contributed by atoms with Crippen molar-refractivity contribution in [3.63, 3.8) is 0 Å². The molecule has 2 aliphatic heterocycles. The number of rotatable bonds is 4. The first-order valence-electron chi connectivity index (χ1n) is 12.4. The maximum Gasteiger partial charge on any atom is 0.296 e. The standard InChI is InChI=1S/C26H27ClFN3O5/c1-13(32)11-30-24(35)21-16-7-9-29(12-14-2-5-19(28)18(27)10-14)23(34)20(16)22(33)25(36)31(21)26(30)8-6-15-3-4-17(15)26/h2,5,10,13,15,17,32-33H,3-4,6-9,11-12H2,1H3/t13-,15+,17+,26+/m0/s1. The number of carbonyl (C=O) groups is 2. The largest absolute Gasteiger partial charge is 0.502 e. The van der Waals surface area contributed by atoms with Gasteiger partial charge in [0.05, 0.1) is 16.7 Å². The number of aromatic nitrogens is 1. The highest BCUT2D eigenvalue weighted by Gasteiger charge is 2.63. The van der Waals surface area contributed by atoms with E-state index in [2.05, 4.69) is 0 Å². The second kappa shape index (κ2) is 8.05. The van der Waals surface area contributed by atoms with E-state index in [4.69, 9.17) is 11.6 Å². The number of hydrogen-bond donors (Lipinski definition) is 2. The lowest BCUT2D eigenvalue weighted by Crippen LogP contribution is -2.56.